The number of carbonyl (C=O) groups is 1. The standard InChI is InChI=1S/C7H12N4O/c1-6(10-7(8)12)5-11-4-2-3-9-11/h2-4,6H,5H2,1H3,(H3,8,10,12). The first-order valence-electron chi connectivity index (χ1n) is 3.72. The van der Waals surface area contributed by atoms with Crippen molar-refractivity contribution >= 4 is 6.03 Å². The Kier molecular flexibility index (Phi) is 2.68. The number of rotatable bonds is 3. The van der Waals surface area contributed by atoms with Crippen molar-refractivity contribution in [1.82, 2.24) is 15.1 Å². The highest BCUT2D eigenvalue weighted by Crippen LogP contribution is 1.89. The van der Waals surface area contributed by atoms with Crippen LogP contribution in [0.3, 0.4) is 0 Å². The van der Waals surface area contributed by atoms with Crippen molar-refractivity contribution in [2.24, 2.45) is 5.73 Å². The molecule has 1 rings (SSSR count). The molecule has 0 bridgehead atoms. The second-order valence-corrected chi connectivity index (χ2v) is 2.64. The van der Waals surface area contributed by atoms with Gasteiger partial charge in [-0.15, -0.1) is 0 Å². The number of amides is 2. The van der Waals surface area contributed by atoms with E-state index in [1.807, 2.05) is 19.2 Å². The number of hydrogen-bond acceptors (Lipinski definition) is 2. The lowest BCUT2D eigenvalue weighted by atomic mass is 10.3. The number of urea groups is 1. The van der Waals surface area contributed by atoms with Gasteiger partial charge >= 0.3 is 6.03 Å². The van der Waals surface area contributed by atoms with Crippen molar-refractivity contribution in [2.45, 2.75) is 19.5 Å². The average molecular weight is 168 g/mol. The lowest BCUT2D eigenvalue weighted by molar-refractivity contribution is 0.244. The van der Waals surface area contributed by atoms with Crippen LogP contribution in [0.1, 0.15) is 6.92 Å². The third-order valence-corrected chi connectivity index (χ3v) is 1.41. The van der Waals surface area contributed by atoms with Crippen LogP contribution in [0, 0.1) is 0 Å². The minimum atomic E-state index is -0.505. The Bertz CT molecular complexity index is 244. The summed E-state index contributed by atoms with van der Waals surface area (Å²) in [4.78, 5) is 10.4. The first-order valence-corrected chi connectivity index (χ1v) is 3.72. The van der Waals surface area contributed by atoms with Crippen molar-refractivity contribution in [3.8, 4) is 0 Å². The van der Waals surface area contributed by atoms with E-state index in [9.17, 15) is 4.79 Å². The molecule has 1 heterocycles. The van der Waals surface area contributed by atoms with Crippen LogP contribution in [0.25, 0.3) is 0 Å². The fraction of sp³-hybridized carbons (Fsp3) is 0.429. The Morgan fingerprint density at radius 3 is 3.08 bits per heavy atom. The predicted octanol–water partition coefficient (Wildman–Crippen LogP) is -0.0601. The molecule has 5 nitrogen and oxygen atoms in total. The number of carbonyl (C=O) groups excluding carboxylic acids is 1. The van der Waals surface area contributed by atoms with Crippen LogP contribution < -0.4 is 11.1 Å². The molecule has 0 aromatic carbocycles. The Hall–Kier alpha value is -1.52. The molecule has 1 unspecified atom stereocenters. The lowest BCUT2D eigenvalue weighted by Crippen LogP contribution is -2.39. The molecule has 0 saturated carbocycles. The molecule has 0 fully saturated rings. The molecule has 1 aromatic heterocycles. The Labute approximate surface area is 70.5 Å². The first kappa shape index (κ1) is 8.58. The van der Waals surface area contributed by atoms with Crippen LogP contribution in [-0.2, 0) is 6.54 Å². The summed E-state index contributed by atoms with van der Waals surface area (Å²) in [6, 6.07) is 1.33. The maximum Gasteiger partial charge on any atom is 0.312 e. The molecule has 0 aliphatic heterocycles. The predicted molar refractivity (Wildman–Crippen MR) is 44.4 cm³/mol. The maximum absolute atomic E-state index is 10.4. The van der Waals surface area contributed by atoms with Gasteiger partial charge in [-0.1, -0.05) is 0 Å². The van der Waals surface area contributed by atoms with Crippen molar-refractivity contribution < 1.29 is 4.79 Å². The number of primary amides is 1. The van der Waals surface area contributed by atoms with Crippen molar-refractivity contribution in [2.75, 3.05) is 0 Å². The van der Waals surface area contributed by atoms with Gasteiger partial charge in [-0.25, -0.2) is 4.79 Å². The van der Waals surface area contributed by atoms with Gasteiger partial charge in [0.15, 0.2) is 0 Å². The summed E-state index contributed by atoms with van der Waals surface area (Å²) in [6.07, 6.45) is 3.52. The van der Waals surface area contributed by atoms with Crippen LogP contribution in [0.15, 0.2) is 18.5 Å². The molecule has 0 aliphatic rings. The lowest BCUT2D eigenvalue weighted by Gasteiger charge is -2.11. The number of nitrogens with two attached hydrogens (primary N) is 1. The molecule has 5 heteroatoms. The van der Waals surface area contributed by atoms with Gasteiger partial charge < -0.3 is 11.1 Å². The van der Waals surface area contributed by atoms with Crippen molar-refractivity contribution in [3.05, 3.63) is 18.5 Å². The molecule has 0 radical (unpaired) electrons. The quantitative estimate of drug-likeness (QED) is 0.663. The fourth-order valence-corrected chi connectivity index (χ4v) is 0.978. The molecule has 2 amide bonds. The summed E-state index contributed by atoms with van der Waals surface area (Å²) >= 11 is 0. The van der Waals surface area contributed by atoms with Gasteiger partial charge in [-0.2, -0.15) is 5.10 Å². The average Bonchev–Trinajstić information content (AvgIpc) is 2.37. The SMILES string of the molecule is CC(Cn1cccn1)NC(N)=O. The van der Waals surface area contributed by atoms with Crippen LogP contribution in [0.4, 0.5) is 4.79 Å². The number of hydrogen-bond donors (Lipinski definition) is 2. The van der Waals surface area contributed by atoms with Crippen LogP contribution >= 0.6 is 0 Å². The highest BCUT2D eigenvalue weighted by atomic mass is 16.2. The minimum absolute atomic E-state index is 0.00222. The highest BCUT2D eigenvalue weighted by molar-refractivity contribution is 5.71. The molecule has 1 atom stereocenters. The summed E-state index contributed by atoms with van der Waals surface area (Å²) in [6.45, 7) is 2.50. The molecule has 1 aromatic rings. The van der Waals surface area contributed by atoms with E-state index in [-0.39, 0.29) is 6.04 Å². The molecule has 0 saturated heterocycles. The van der Waals surface area contributed by atoms with E-state index in [2.05, 4.69) is 10.4 Å². The normalized spacial score (nSPS) is 12.4. The summed E-state index contributed by atoms with van der Waals surface area (Å²) in [7, 11) is 0. The zero-order chi connectivity index (χ0) is 8.97. The van der Waals surface area contributed by atoms with Gasteiger partial charge in [-0.05, 0) is 13.0 Å². The Morgan fingerprint density at radius 1 is 1.83 bits per heavy atom. The van der Waals surface area contributed by atoms with Gasteiger partial charge in [0.25, 0.3) is 0 Å². The van der Waals surface area contributed by atoms with E-state index in [4.69, 9.17) is 5.73 Å². The fourth-order valence-electron chi connectivity index (χ4n) is 0.978. The third-order valence-electron chi connectivity index (χ3n) is 1.41. The van der Waals surface area contributed by atoms with Gasteiger partial charge in [0.05, 0.1) is 6.54 Å². The second kappa shape index (κ2) is 3.75. The monoisotopic (exact) mass is 168 g/mol. The smallest absolute Gasteiger partial charge is 0.312 e. The van der Waals surface area contributed by atoms with Crippen molar-refractivity contribution in [1.29, 1.82) is 0 Å². The summed E-state index contributed by atoms with van der Waals surface area (Å²) < 4.78 is 1.74. The molecule has 0 aliphatic carbocycles. The Morgan fingerprint density at radius 2 is 2.58 bits per heavy atom. The molecule has 12 heavy (non-hydrogen) atoms. The second-order valence-electron chi connectivity index (χ2n) is 2.64. The van der Waals surface area contributed by atoms with Gasteiger partial charge in [0.2, 0.25) is 0 Å². The number of aromatic nitrogens is 2. The number of nitrogens with zero attached hydrogens (tertiary/aromatic N) is 2. The zero-order valence-corrected chi connectivity index (χ0v) is 6.90. The molecular formula is C7H12N4O. The van der Waals surface area contributed by atoms with Crippen LogP contribution in [-0.4, -0.2) is 21.9 Å². The zero-order valence-electron chi connectivity index (χ0n) is 6.90. The topological polar surface area (TPSA) is 72.9 Å². The largest absolute Gasteiger partial charge is 0.352 e. The van der Waals surface area contributed by atoms with Crippen LogP contribution in [0.5, 0.6) is 0 Å². The summed E-state index contributed by atoms with van der Waals surface area (Å²) in [5.74, 6) is 0. The van der Waals surface area contributed by atoms with E-state index < -0.39 is 6.03 Å². The summed E-state index contributed by atoms with van der Waals surface area (Å²) in [5.41, 5.74) is 4.94. The molecule has 66 valence electrons. The molecule has 3 N–H and O–H groups in total. The minimum Gasteiger partial charge on any atom is -0.352 e. The van der Waals surface area contributed by atoms with Gasteiger partial charge in [-0.3, -0.25) is 4.68 Å². The van der Waals surface area contributed by atoms with Gasteiger partial charge in [0.1, 0.15) is 0 Å². The highest BCUT2D eigenvalue weighted by Gasteiger charge is 2.03. The summed E-state index contributed by atoms with van der Waals surface area (Å²) in [5, 5.41) is 6.55. The van der Waals surface area contributed by atoms with E-state index in [1.54, 1.807) is 10.9 Å². The van der Waals surface area contributed by atoms with E-state index in [1.165, 1.54) is 0 Å². The van der Waals surface area contributed by atoms with Gasteiger partial charge in [0, 0.05) is 18.4 Å². The van der Waals surface area contributed by atoms with Crippen LogP contribution in [0.2, 0.25) is 0 Å². The van der Waals surface area contributed by atoms with E-state index >= 15 is 0 Å². The Balaban J connectivity index is 2.36. The number of nitrogens with one attached hydrogen (secondary N) is 1. The molecule has 0 spiro atoms. The van der Waals surface area contributed by atoms with E-state index in [0.29, 0.717) is 6.54 Å². The van der Waals surface area contributed by atoms with Crippen molar-refractivity contribution in [3.63, 3.8) is 0 Å². The first-order chi connectivity index (χ1) is 5.68. The van der Waals surface area contributed by atoms with E-state index in [0.717, 1.165) is 0 Å². The maximum atomic E-state index is 10.4. The third kappa shape index (κ3) is 2.61. The molecular weight excluding hydrogens is 156 g/mol.